The van der Waals surface area contributed by atoms with Gasteiger partial charge in [0.15, 0.2) is 6.23 Å². The molecule has 0 aliphatic heterocycles. The molecule has 202 valence electrons. The van der Waals surface area contributed by atoms with Crippen molar-refractivity contribution in [1.29, 1.82) is 0 Å². The van der Waals surface area contributed by atoms with Crippen molar-refractivity contribution in [3.63, 3.8) is 0 Å². The van der Waals surface area contributed by atoms with Crippen LogP contribution >= 0.6 is 0 Å². The van der Waals surface area contributed by atoms with Crippen molar-refractivity contribution in [2.75, 3.05) is 31.0 Å². The lowest BCUT2D eigenvalue weighted by molar-refractivity contribution is -0.134. The van der Waals surface area contributed by atoms with Crippen molar-refractivity contribution in [2.45, 2.75) is 31.9 Å². The van der Waals surface area contributed by atoms with Crippen molar-refractivity contribution in [3.8, 4) is 11.1 Å². The van der Waals surface area contributed by atoms with E-state index in [2.05, 4.69) is 29.2 Å². The van der Waals surface area contributed by atoms with Crippen LogP contribution in [0.5, 0.6) is 0 Å². The lowest BCUT2D eigenvalue weighted by Crippen LogP contribution is -2.41. The van der Waals surface area contributed by atoms with Gasteiger partial charge in [-0.2, -0.15) is 0 Å². The number of fused-ring (bicyclic) bond motifs is 2. The van der Waals surface area contributed by atoms with Crippen molar-refractivity contribution >= 4 is 29.3 Å². The number of aliphatic hydroxyl groups is 1. The number of anilines is 2. The Balaban J connectivity index is 1.44. The highest BCUT2D eigenvalue weighted by Gasteiger charge is 2.45. The number of ether oxygens (including phenoxy) is 1. The fourth-order valence-electron chi connectivity index (χ4n) is 6.07. The van der Waals surface area contributed by atoms with Crippen LogP contribution in [0.4, 0.5) is 11.4 Å². The van der Waals surface area contributed by atoms with Crippen LogP contribution in [-0.4, -0.2) is 38.2 Å². The molecule has 0 saturated heterocycles. The van der Waals surface area contributed by atoms with Gasteiger partial charge in [0, 0.05) is 43.0 Å². The molecular weight excluding hydrogens is 488 g/mol. The van der Waals surface area contributed by atoms with Crippen LogP contribution in [0.25, 0.3) is 17.2 Å². The molecule has 2 fully saturated rings. The number of esters is 1. The van der Waals surface area contributed by atoms with Gasteiger partial charge in [-0.3, -0.25) is 9.69 Å². The fourth-order valence-corrected chi connectivity index (χ4v) is 6.07. The predicted octanol–water partition coefficient (Wildman–Crippen LogP) is 6.07. The zero-order valence-electron chi connectivity index (χ0n) is 22.8. The zero-order chi connectivity index (χ0) is 27.5. The summed E-state index contributed by atoms with van der Waals surface area (Å²) in [6, 6.07) is 23.4. The molecule has 6 nitrogen and oxygen atoms in total. The molecule has 3 aromatic carbocycles. The molecule has 1 amide bonds. The highest BCUT2D eigenvalue weighted by molar-refractivity contribution is 5.96. The first-order chi connectivity index (χ1) is 18.8. The zero-order valence-corrected chi connectivity index (χ0v) is 22.8. The van der Waals surface area contributed by atoms with Crippen molar-refractivity contribution < 1.29 is 19.4 Å². The van der Waals surface area contributed by atoms with Gasteiger partial charge in [-0.1, -0.05) is 55.0 Å². The second-order valence-electron chi connectivity index (χ2n) is 10.9. The van der Waals surface area contributed by atoms with Crippen molar-refractivity contribution in [2.24, 2.45) is 17.8 Å². The highest BCUT2D eigenvalue weighted by Crippen LogP contribution is 2.49. The summed E-state index contributed by atoms with van der Waals surface area (Å²) in [5.74, 6) is 0.420. The van der Waals surface area contributed by atoms with E-state index in [0.717, 1.165) is 41.6 Å². The lowest BCUT2D eigenvalue weighted by Gasteiger charge is -2.33. The summed E-state index contributed by atoms with van der Waals surface area (Å²) >= 11 is 0. The van der Waals surface area contributed by atoms with Crippen molar-refractivity contribution in [1.82, 2.24) is 0 Å². The van der Waals surface area contributed by atoms with Gasteiger partial charge in [-0.15, -0.1) is 0 Å². The number of carbonyl (C=O) groups is 2. The number of methoxy groups -OCH3 is 1. The number of carbonyl (C=O) groups excluding carboxylic acids is 2. The fraction of sp³-hybridized carbons (Fsp3) is 0.333. The van der Waals surface area contributed by atoms with E-state index in [-0.39, 0.29) is 11.8 Å². The third-order valence-corrected chi connectivity index (χ3v) is 8.22. The van der Waals surface area contributed by atoms with E-state index in [1.807, 2.05) is 62.6 Å². The Hall–Kier alpha value is -3.90. The van der Waals surface area contributed by atoms with Crippen molar-refractivity contribution in [3.05, 3.63) is 90.0 Å². The van der Waals surface area contributed by atoms with Gasteiger partial charge in [-0.25, -0.2) is 4.79 Å². The van der Waals surface area contributed by atoms with E-state index in [1.165, 1.54) is 19.6 Å². The predicted molar refractivity (Wildman–Crippen MR) is 155 cm³/mol. The molecule has 2 saturated carbocycles. The number of hydrogen-bond acceptors (Lipinski definition) is 5. The van der Waals surface area contributed by atoms with E-state index in [4.69, 9.17) is 4.74 Å². The molecule has 2 bridgehead atoms. The molecule has 3 aromatic rings. The Labute approximate surface area is 230 Å². The van der Waals surface area contributed by atoms with E-state index >= 15 is 0 Å². The van der Waals surface area contributed by atoms with Crippen LogP contribution < -0.4 is 9.80 Å². The monoisotopic (exact) mass is 524 g/mol. The van der Waals surface area contributed by atoms with E-state index in [9.17, 15) is 14.7 Å². The van der Waals surface area contributed by atoms with Gasteiger partial charge >= 0.3 is 5.97 Å². The van der Waals surface area contributed by atoms with Crippen LogP contribution in [-0.2, 0) is 14.3 Å². The smallest absolute Gasteiger partial charge is 0.330 e. The van der Waals surface area contributed by atoms with Crippen LogP contribution in [0, 0.1) is 17.8 Å². The molecule has 4 atom stereocenters. The number of nitrogens with zero attached hydrogens (tertiary/aromatic N) is 2. The summed E-state index contributed by atoms with van der Waals surface area (Å²) in [4.78, 5) is 29.2. The van der Waals surface area contributed by atoms with Gasteiger partial charge in [0.2, 0.25) is 5.91 Å². The number of hydrogen-bond donors (Lipinski definition) is 1. The second-order valence-corrected chi connectivity index (χ2v) is 10.9. The van der Waals surface area contributed by atoms with Crippen LogP contribution in [0.15, 0.2) is 78.9 Å². The van der Waals surface area contributed by atoms with Gasteiger partial charge in [0.1, 0.15) is 0 Å². The maximum Gasteiger partial charge on any atom is 0.330 e. The minimum absolute atomic E-state index is 0.0350. The molecule has 2 aliphatic rings. The molecule has 2 aliphatic carbocycles. The number of amides is 1. The van der Waals surface area contributed by atoms with Gasteiger partial charge < -0.3 is 14.7 Å². The molecule has 5 rings (SSSR count). The minimum Gasteiger partial charge on any atom is -0.466 e. The SMILES string of the molecule is COC(=O)/C=C/c1cccc(N(C(=O)[C@@H]2C[C@@H]3CC[C@H]2C3)C(O)c2ccc(-c3ccc(N(C)C)cc3)cc2)c1. The van der Waals surface area contributed by atoms with Crippen LogP contribution in [0.2, 0.25) is 0 Å². The topological polar surface area (TPSA) is 70.1 Å². The summed E-state index contributed by atoms with van der Waals surface area (Å²) in [5, 5.41) is 11.6. The normalized spacial score (nSPS) is 20.7. The van der Waals surface area contributed by atoms with Gasteiger partial charge in [0.05, 0.1) is 7.11 Å². The minimum atomic E-state index is -1.14. The molecule has 0 aromatic heterocycles. The molecule has 39 heavy (non-hydrogen) atoms. The van der Waals surface area contributed by atoms with Gasteiger partial charge in [0.25, 0.3) is 0 Å². The first-order valence-corrected chi connectivity index (χ1v) is 13.6. The molecule has 0 spiro atoms. The molecular formula is C33H36N2O4. The summed E-state index contributed by atoms with van der Waals surface area (Å²) < 4.78 is 4.71. The quantitative estimate of drug-likeness (QED) is 0.220. The Morgan fingerprint density at radius 3 is 2.21 bits per heavy atom. The van der Waals surface area contributed by atoms with E-state index < -0.39 is 12.2 Å². The largest absolute Gasteiger partial charge is 0.466 e. The maximum atomic E-state index is 14.0. The Morgan fingerprint density at radius 1 is 0.923 bits per heavy atom. The summed E-state index contributed by atoms with van der Waals surface area (Å²) in [6.07, 6.45) is 6.12. The van der Waals surface area contributed by atoms with Gasteiger partial charge in [-0.05, 0) is 78.1 Å². The summed E-state index contributed by atoms with van der Waals surface area (Å²) in [6.45, 7) is 0. The Bertz CT molecular complexity index is 1350. The molecule has 6 heteroatoms. The molecule has 0 radical (unpaired) electrons. The average molecular weight is 525 g/mol. The standard InChI is InChI=1S/C33H36N2O4/c1-34(2)28-16-14-25(15-17-28)24-10-12-26(13-11-24)32(37)35(33(38)30-21-23-7-9-27(30)19-23)29-6-4-5-22(20-29)8-18-31(36)39-3/h4-6,8,10-18,20,23,27,30,32,37H,7,9,19,21H2,1-3H3/b18-8+/t23-,27+,30-,32?/m1/s1. The first kappa shape index (κ1) is 26.7. The number of rotatable bonds is 8. The van der Waals surface area contributed by atoms with E-state index in [0.29, 0.717) is 23.1 Å². The number of aliphatic hydroxyl groups excluding tert-OH is 1. The van der Waals surface area contributed by atoms with Crippen LogP contribution in [0.1, 0.15) is 43.0 Å². The number of benzene rings is 3. The lowest BCUT2D eigenvalue weighted by atomic mass is 9.87. The highest BCUT2D eigenvalue weighted by atomic mass is 16.5. The second kappa shape index (κ2) is 11.5. The summed E-state index contributed by atoms with van der Waals surface area (Å²) in [5.41, 5.74) is 5.25. The Kier molecular flexibility index (Phi) is 7.84. The molecule has 0 heterocycles. The maximum absolute atomic E-state index is 14.0. The first-order valence-electron chi connectivity index (χ1n) is 13.6. The summed E-state index contributed by atoms with van der Waals surface area (Å²) in [7, 11) is 5.36. The van der Waals surface area contributed by atoms with Crippen LogP contribution in [0.3, 0.4) is 0 Å². The molecule has 1 N–H and O–H groups in total. The Morgan fingerprint density at radius 2 is 1.62 bits per heavy atom. The van der Waals surface area contributed by atoms with E-state index in [1.54, 1.807) is 11.0 Å². The average Bonchev–Trinajstić information content (AvgIpc) is 3.60. The third kappa shape index (κ3) is 5.76. The third-order valence-electron chi connectivity index (χ3n) is 8.22. The molecule has 1 unspecified atom stereocenters.